The van der Waals surface area contributed by atoms with Crippen molar-refractivity contribution in [2.24, 2.45) is 0 Å². The third kappa shape index (κ3) is 2.08. The van der Waals surface area contributed by atoms with Crippen LogP contribution in [0.1, 0.15) is 20.7 Å². The lowest BCUT2D eigenvalue weighted by Crippen LogP contribution is -2.22. The Morgan fingerprint density at radius 1 is 0.750 bits per heavy atom. The lowest BCUT2D eigenvalue weighted by atomic mass is 9.93. The number of carbonyl (C=O) groups excluding carboxylic acids is 2. The van der Waals surface area contributed by atoms with E-state index in [1.807, 2.05) is 6.07 Å². The SMILES string of the molecule is O=C1C(Br)=C(Oc2ccccc2)C(=O)c2ccccc21. The highest BCUT2D eigenvalue weighted by Crippen LogP contribution is 2.31. The van der Waals surface area contributed by atoms with Crippen molar-refractivity contribution >= 4 is 27.5 Å². The minimum absolute atomic E-state index is 0.0277. The van der Waals surface area contributed by atoms with Crippen molar-refractivity contribution in [2.75, 3.05) is 0 Å². The van der Waals surface area contributed by atoms with Crippen molar-refractivity contribution < 1.29 is 14.3 Å². The molecule has 1 aliphatic rings. The molecule has 20 heavy (non-hydrogen) atoms. The van der Waals surface area contributed by atoms with Gasteiger partial charge in [0.1, 0.15) is 10.2 Å². The Morgan fingerprint density at radius 3 is 1.95 bits per heavy atom. The topological polar surface area (TPSA) is 43.4 Å². The summed E-state index contributed by atoms with van der Waals surface area (Å²) in [6, 6.07) is 15.6. The average molecular weight is 329 g/mol. The number of para-hydroxylation sites is 1. The van der Waals surface area contributed by atoms with Gasteiger partial charge in [0.2, 0.25) is 11.6 Å². The number of benzene rings is 2. The van der Waals surface area contributed by atoms with Crippen LogP contribution in [0.3, 0.4) is 0 Å². The van der Waals surface area contributed by atoms with Gasteiger partial charge in [0.25, 0.3) is 0 Å². The molecule has 1 aliphatic carbocycles. The molecular weight excluding hydrogens is 320 g/mol. The minimum atomic E-state index is -0.295. The second-order valence-corrected chi connectivity index (χ2v) is 5.06. The smallest absolute Gasteiger partial charge is 0.230 e. The Balaban J connectivity index is 2.06. The molecule has 0 amide bonds. The molecule has 0 spiro atoms. The molecule has 0 radical (unpaired) electrons. The van der Waals surface area contributed by atoms with Crippen molar-refractivity contribution in [3.05, 3.63) is 76.0 Å². The van der Waals surface area contributed by atoms with E-state index in [4.69, 9.17) is 4.74 Å². The van der Waals surface area contributed by atoms with Crippen molar-refractivity contribution in [1.82, 2.24) is 0 Å². The monoisotopic (exact) mass is 328 g/mol. The van der Waals surface area contributed by atoms with Crippen LogP contribution >= 0.6 is 15.9 Å². The molecule has 0 bridgehead atoms. The highest BCUT2D eigenvalue weighted by Gasteiger charge is 2.32. The van der Waals surface area contributed by atoms with Crippen LogP contribution in [-0.2, 0) is 0 Å². The summed E-state index contributed by atoms with van der Waals surface area (Å²) >= 11 is 3.17. The fourth-order valence-corrected chi connectivity index (χ4v) is 2.49. The van der Waals surface area contributed by atoms with Gasteiger partial charge in [0.05, 0.1) is 0 Å². The Hall–Kier alpha value is -2.20. The fraction of sp³-hybridized carbons (Fsp3) is 0. The summed E-state index contributed by atoms with van der Waals surface area (Å²) in [5.41, 5.74) is 0.761. The quantitative estimate of drug-likeness (QED) is 0.843. The van der Waals surface area contributed by atoms with Crippen LogP contribution in [0.15, 0.2) is 64.8 Å². The van der Waals surface area contributed by atoms with Crippen molar-refractivity contribution in [2.45, 2.75) is 0 Å². The van der Waals surface area contributed by atoms with E-state index in [9.17, 15) is 9.59 Å². The number of hydrogen-bond acceptors (Lipinski definition) is 3. The molecule has 0 atom stereocenters. The molecule has 0 saturated heterocycles. The predicted octanol–water partition coefficient (Wildman–Crippen LogP) is 3.75. The molecule has 0 aliphatic heterocycles. The van der Waals surface area contributed by atoms with Gasteiger partial charge in [-0.25, -0.2) is 0 Å². The number of carbonyl (C=O) groups is 2. The standard InChI is InChI=1S/C16H9BrO3/c17-13-14(18)11-8-4-5-9-12(11)15(19)16(13)20-10-6-2-1-3-7-10/h1-9H. The summed E-state index contributed by atoms with van der Waals surface area (Å²) in [5.74, 6) is 0.00180. The normalized spacial score (nSPS) is 14.2. The third-order valence-electron chi connectivity index (χ3n) is 2.98. The van der Waals surface area contributed by atoms with Crippen molar-refractivity contribution in [3.8, 4) is 5.75 Å². The largest absolute Gasteiger partial charge is 0.452 e. The molecule has 0 aromatic heterocycles. The van der Waals surface area contributed by atoms with Gasteiger partial charge in [-0.2, -0.15) is 0 Å². The molecule has 0 heterocycles. The van der Waals surface area contributed by atoms with Crippen LogP contribution in [-0.4, -0.2) is 11.6 Å². The molecule has 3 rings (SSSR count). The summed E-state index contributed by atoms with van der Waals surface area (Å²) < 4.78 is 5.73. The van der Waals surface area contributed by atoms with Gasteiger partial charge in [-0.3, -0.25) is 9.59 Å². The van der Waals surface area contributed by atoms with E-state index in [-0.39, 0.29) is 21.8 Å². The molecule has 2 aromatic carbocycles. The lowest BCUT2D eigenvalue weighted by Gasteiger charge is -2.18. The van der Waals surface area contributed by atoms with Gasteiger partial charge in [-0.1, -0.05) is 42.5 Å². The van der Waals surface area contributed by atoms with Crippen LogP contribution in [0, 0.1) is 0 Å². The number of hydrogen-bond donors (Lipinski definition) is 0. The molecule has 3 nitrogen and oxygen atoms in total. The van der Waals surface area contributed by atoms with E-state index in [0.29, 0.717) is 16.9 Å². The summed E-state index contributed by atoms with van der Waals surface area (Å²) in [4.78, 5) is 24.6. The Kier molecular flexibility index (Phi) is 3.24. The van der Waals surface area contributed by atoms with Crippen LogP contribution in [0.4, 0.5) is 0 Å². The first-order chi connectivity index (χ1) is 9.68. The highest BCUT2D eigenvalue weighted by molar-refractivity contribution is 9.12. The maximum absolute atomic E-state index is 12.4. The van der Waals surface area contributed by atoms with Crippen LogP contribution in [0.25, 0.3) is 0 Å². The summed E-state index contributed by atoms with van der Waals surface area (Å²) in [7, 11) is 0. The minimum Gasteiger partial charge on any atom is -0.452 e. The van der Waals surface area contributed by atoms with E-state index >= 15 is 0 Å². The first-order valence-corrected chi connectivity index (χ1v) is 6.79. The molecule has 0 saturated carbocycles. The number of ether oxygens (including phenoxy) is 1. The van der Waals surface area contributed by atoms with Crippen LogP contribution in [0.5, 0.6) is 5.75 Å². The second-order valence-electron chi connectivity index (χ2n) is 4.26. The number of allylic oxidation sites excluding steroid dienone is 2. The first-order valence-electron chi connectivity index (χ1n) is 5.99. The van der Waals surface area contributed by atoms with Gasteiger partial charge in [-0.05, 0) is 28.1 Å². The van der Waals surface area contributed by atoms with Gasteiger partial charge < -0.3 is 4.74 Å². The van der Waals surface area contributed by atoms with Gasteiger partial charge >= 0.3 is 0 Å². The predicted molar refractivity (Wildman–Crippen MR) is 78.1 cm³/mol. The summed E-state index contributed by atoms with van der Waals surface area (Å²) in [5, 5.41) is 0. The van der Waals surface area contributed by atoms with Crippen LogP contribution in [0.2, 0.25) is 0 Å². The van der Waals surface area contributed by atoms with E-state index < -0.39 is 0 Å². The summed E-state index contributed by atoms with van der Waals surface area (Å²) in [6.45, 7) is 0. The first kappa shape index (κ1) is 12.8. The zero-order valence-corrected chi connectivity index (χ0v) is 11.9. The number of halogens is 1. The molecule has 0 N–H and O–H groups in total. The fourth-order valence-electron chi connectivity index (χ4n) is 2.02. The molecule has 0 unspecified atom stereocenters. The molecule has 4 heteroatoms. The highest BCUT2D eigenvalue weighted by atomic mass is 79.9. The maximum Gasteiger partial charge on any atom is 0.230 e. The van der Waals surface area contributed by atoms with Crippen molar-refractivity contribution in [1.29, 1.82) is 0 Å². The number of rotatable bonds is 2. The average Bonchev–Trinajstić information content (AvgIpc) is 2.50. The number of ketones is 2. The van der Waals surface area contributed by atoms with E-state index in [1.54, 1.807) is 48.5 Å². The van der Waals surface area contributed by atoms with Crippen molar-refractivity contribution in [3.63, 3.8) is 0 Å². The van der Waals surface area contributed by atoms with Gasteiger partial charge in [0.15, 0.2) is 5.76 Å². The number of Topliss-reactive ketones (excluding diaryl/α,β-unsaturated/α-hetero) is 2. The zero-order chi connectivity index (χ0) is 14.1. The summed E-state index contributed by atoms with van der Waals surface area (Å²) in [6.07, 6.45) is 0. The number of fused-ring (bicyclic) bond motifs is 1. The molecule has 98 valence electrons. The lowest BCUT2D eigenvalue weighted by molar-refractivity contribution is 0.0944. The van der Waals surface area contributed by atoms with E-state index in [1.165, 1.54) is 0 Å². The molecule has 2 aromatic rings. The molecular formula is C16H9BrO3. The van der Waals surface area contributed by atoms with Gasteiger partial charge in [0, 0.05) is 11.1 Å². The third-order valence-corrected chi connectivity index (χ3v) is 3.70. The second kappa shape index (κ2) is 5.06. The Labute approximate surface area is 124 Å². The zero-order valence-electron chi connectivity index (χ0n) is 10.3. The Bertz CT molecular complexity index is 732. The van der Waals surface area contributed by atoms with E-state index in [0.717, 1.165) is 0 Å². The molecule has 0 fully saturated rings. The van der Waals surface area contributed by atoms with Crippen LogP contribution < -0.4 is 4.74 Å². The maximum atomic E-state index is 12.4. The Morgan fingerprint density at radius 2 is 1.30 bits per heavy atom. The van der Waals surface area contributed by atoms with Gasteiger partial charge in [-0.15, -0.1) is 0 Å². The van der Waals surface area contributed by atoms with E-state index in [2.05, 4.69) is 15.9 Å².